The van der Waals surface area contributed by atoms with Crippen LogP contribution in [0.5, 0.6) is 0 Å². The van der Waals surface area contributed by atoms with E-state index < -0.39 is 11.6 Å². The van der Waals surface area contributed by atoms with E-state index >= 15 is 0 Å². The molecular weight excluding hydrogens is 354 g/mol. The van der Waals surface area contributed by atoms with Gasteiger partial charge in [-0.25, -0.2) is 4.79 Å². The number of halogens is 1. The maximum absolute atomic E-state index is 12.6. The van der Waals surface area contributed by atoms with E-state index in [0.717, 1.165) is 36.1 Å². The van der Waals surface area contributed by atoms with Gasteiger partial charge < -0.3 is 10.6 Å². The van der Waals surface area contributed by atoms with E-state index in [2.05, 4.69) is 17.6 Å². The quantitative estimate of drug-likeness (QED) is 0.510. The molecule has 0 aromatic heterocycles. The summed E-state index contributed by atoms with van der Waals surface area (Å²) >= 11 is 5.82. The van der Waals surface area contributed by atoms with Gasteiger partial charge in [0.15, 0.2) is 0 Å². The molecule has 0 saturated carbocycles. The maximum Gasteiger partial charge on any atom is 0.325 e. The van der Waals surface area contributed by atoms with E-state index in [0.29, 0.717) is 18.0 Å². The monoisotopic (exact) mass is 379 g/mol. The van der Waals surface area contributed by atoms with Crippen molar-refractivity contribution in [2.45, 2.75) is 58.0 Å². The zero-order chi connectivity index (χ0) is 19.2. The number of imide groups is 1. The predicted octanol–water partition coefficient (Wildman–Crippen LogP) is 3.24. The van der Waals surface area contributed by atoms with Crippen molar-refractivity contribution in [3.63, 3.8) is 0 Å². The van der Waals surface area contributed by atoms with Crippen LogP contribution in [0.4, 0.5) is 4.79 Å². The predicted molar refractivity (Wildman–Crippen MR) is 101 cm³/mol. The molecule has 4 amide bonds. The zero-order valence-corrected chi connectivity index (χ0v) is 16.1. The highest BCUT2D eigenvalue weighted by molar-refractivity contribution is 6.30. The van der Waals surface area contributed by atoms with Crippen molar-refractivity contribution in [2.24, 2.45) is 0 Å². The Morgan fingerprint density at radius 2 is 1.88 bits per heavy atom. The molecule has 0 aliphatic carbocycles. The van der Waals surface area contributed by atoms with E-state index in [-0.39, 0.29) is 18.4 Å². The van der Waals surface area contributed by atoms with E-state index in [1.807, 2.05) is 12.1 Å². The Morgan fingerprint density at radius 3 is 2.54 bits per heavy atom. The van der Waals surface area contributed by atoms with E-state index in [4.69, 9.17) is 11.6 Å². The average Bonchev–Trinajstić information content (AvgIpc) is 2.82. The summed E-state index contributed by atoms with van der Waals surface area (Å²) in [6, 6.07) is 6.59. The molecule has 0 radical (unpaired) electrons. The molecule has 1 fully saturated rings. The minimum Gasteiger partial charge on any atom is -0.350 e. The minimum atomic E-state index is -0.915. The smallest absolute Gasteiger partial charge is 0.325 e. The Kier molecular flexibility index (Phi) is 7.03. The number of nitrogens with one attached hydrogen (secondary N) is 2. The van der Waals surface area contributed by atoms with Gasteiger partial charge in [0.25, 0.3) is 5.91 Å². The molecule has 1 unspecified atom stereocenters. The summed E-state index contributed by atoms with van der Waals surface area (Å²) in [5.41, 5.74) is -0.0258. The van der Waals surface area contributed by atoms with E-state index in [1.165, 1.54) is 0 Å². The first-order chi connectivity index (χ1) is 12.4. The Bertz CT molecular complexity index is 662. The van der Waals surface area contributed by atoms with Crippen LogP contribution in [0.25, 0.3) is 0 Å². The fraction of sp³-hybridized carbons (Fsp3) is 0.526. The summed E-state index contributed by atoms with van der Waals surface area (Å²) in [5.74, 6) is -0.709. The van der Waals surface area contributed by atoms with Crippen LogP contribution in [0.2, 0.25) is 5.02 Å². The molecule has 6 nitrogen and oxygen atoms in total. The van der Waals surface area contributed by atoms with Gasteiger partial charge in [0.2, 0.25) is 5.91 Å². The summed E-state index contributed by atoms with van der Waals surface area (Å²) in [4.78, 5) is 37.9. The van der Waals surface area contributed by atoms with Crippen molar-refractivity contribution in [2.75, 3.05) is 6.54 Å². The highest BCUT2D eigenvalue weighted by atomic mass is 35.5. The van der Waals surface area contributed by atoms with E-state index in [9.17, 15) is 14.4 Å². The molecule has 1 aliphatic rings. The highest BCUT2D eigenvalue weighted by Gasteiger charge is 2.47. The molecule has 1 atom stereocenters. The third-order valence-electron chi connectivity index (χ3n) is 4.58. The Hall–Kier alpha value is -2.08. The summed E-state index contributed by atoms with van der Waals surface area (Å²) < 4.78 is 0. The molecule has 26 heavy (non-hydrogen) atoms. The van der Waals surface area contributed by atoms with Crippen LogP contribution in [-0.4, -0.2) is 34.8 Å². The normalized spacial score (nSPS) is 19.6. The first-order valence-corrected chi connectivity index (χ1v) is 9.39. The van der Waals surface area contributed by atoms with E-state index in [1.54, 1.807) is 19.1 Å². The lowest BCUT2D eigenvalue weighted by Crippen LogP contribution is -2.45. The van der Waals surface area contributed by atoms with Gasteiger partial charge in [-0.1, -0.05) is 56.3 Å². The van der Waals surface area contributed by atoms with Crippen LogP contribution in [0.3, 0.4) is 0 Å². The first kappa shape index (κ1) is 20.2. The molecule has 1 aromatic carbocycles. The van der Waals surface area contributed by atoms with Crippen molar-refractivity contribution in [3.05, 3.63) is 34.9 Å². The molecule has 7 heteroatoms. The molecule has 1 saturated heterocycles. The van der Waals surface area contributed by atoms with Crippen molar-refractivity contribution >= 4 is 29.4 Å². The van der Waals surface area contributed by atoms with Crippen LogP contribution >= 0.6 is 11.6 Å². The third-order valence-corrected chi connectivity index (χ3v) is 4.83. The number of rotatable bonds is 9. The van der Waals surface area contributed by atoms with Crippen LogP contribution in [-0.2, 0) is 16.1 Å². The summed E-state index contributed by atoms with van der Waals surface area (Å²) in [7, 11) is 0. The Morgan fingerprint density at radius 1 is 1.19 bits per heavy atom. The number of urea groups is 1. The number of benzene rings is 1. The largest absolute Gasteiger partial charge is 0.350 e. The number of carbonyl (C=O) groups is 3. The van der Waals surface area contributed by atoms with Gasteiger partial charge in [0, 0.05) is 11.6 Å². The van der Waals surface area contributed by atoms with Gasteiger partial charge in [0.1, 0.15) is 12.1 Å². The summed E-state index contributed by atoms with van der Waals surface area (Å²) in [6.45, 7) is 3.89. The molecule has 2 N–H and O–H groups in total. The van der Waals surface area contributed by atoms with Crippen molar-refractivity contribution in [1.82, 2.24) is 15.5 Å². The molecule has 0 spiro atoms. The first-order valence-electron chi connectivity index (χ1n) is 9.01. The Labute approximate surface area is 159 Å². The standard InChI is InChI=1S/C19H26ClN3O3/c1-3-4-5-6-11-19(2)17(25)23(18(26)22-19)13-16(24)21-12-14-7-9-15(20)10-8-14/h7-10H,3-6,11-13H2,1-2H3,(H,21,24)(H,22,26). The lowest BCUT2D eigenvalue weighted by atomic mass is 9.94. The second-order valence-corrected chi connectivity index (χ2v) is 7.30. The topological polar surface area (TPSA) is 78.5 Å². The van der Waals surface area contributed by atoms with Crippen molar-refractivity contribution in [1.29, 1.82) is 0 Å². The van der Waals surface area contributed by atoms with Crippen molar-refractivity contribution < 1.29 is 14.4 Å². The second-order valence-electron chi connectivity index (χ2n) is 6.87. The lowest BCUT2D eigenvalue weighted by molar-refractivity contribution is -0.134. The van der Waals surface area contributed by atoms with Crippen LogP contribution in [0.15, 0.2) is 24.3 Å². The van der Waals surface area contributed by atoms with Gasteiger partial charge >= 0.3 is 6.03 Å². The van der Waals surface area contributed by atoms with Gasteiger partial charge in [-0.2, -0.15) is 0 Å². The lowest BCUT2D eigenvalue weighted by Gasteiger charge is -2.21. The summed E-state index contributed by atoms with van der Waals surface area (Å²) in [6.07, 6.45) is 4.69. The molecule has 1 heterocycles. The Balaban J connectivity index is 1.85. The van der Waals surface area contributed by atoms with Crippen LogP contribution in [0, 0.1) is 0 Å². The average molecular weight is 380 g/mol. The SMILES string of the molecule is CCCCCCC1(C)NC(=O)N(CC(=O)NCc2ccc(Cl)cc2)C1=O. The van der Waals surface area contributed by atoms with Gasteiger partial charge in [-0.3, -0.25) is 14.5 Å². The number of hydrogen-bond acceptors (Lipinski definition) is 3. The maximum atomic E-state index is 12.6. The zero-order valence-electron chi connectivity index (χ0n) is 15.3. The number of hydrogen-bond donors (Lipinski definition) is 2. The van der Waals surface area contributed by atoms with Crippen LogP contribution in [0.1, 0.15) is 51.5 Å². The molecule has 2 rings (SSSR count). The highest BCUT2D eigenvalue weighted by Crippen LogP contribution is 2.23. The fourth-order valence-corrected chi connectivity index (χ4v) is 3.09. The second kappa shape index (κ2) is 9.03. The molecule has 0 bridgehead atoms. The van der Waals surface area contributed by atoms with Gasteiger partial charge in [-0.15, -0.1) is 0 Å². The van der Waals surface area contributed by atoms with Gasteiger partial charge in [0.05, 0.1) is 0 Å². The molecule has 1 aliphatic heterocycles. The third kappa shape index (κ3) is 5.21. The van der Waals surface area contributed by atoms with Crippen molar-refractivity contribution in [3.8, 4) is 0 Å². The number of unbranched alkanes of at least 4 members (excludes halogenated alkanes) is 3. The van der Waals surface area contributed by atoms with Gasteiger partial charge in [-0.05, 0) is 31.0 Å². The number of nitrogens with zero attached hydrogens (tertiary/aromatic N) is 1. The molecular formula is C19H26ClN3O3. The molecule has 1 aromatic rings. The van der Waals surface area contributed by atoms with Crippen LogP contribution < -0.4 is 10.6 Å². The summed E-state index contributed by atoms with van der Waals surface area (Å²) in [5, 5.41) is 6.08. The fourth-order valence-electron chi connectivity index (χ4n) is 2.97. The molecule has 142 valence electrons. The number of carbonyl (C=O) groups excluding carboxylic acids is 3. The minimum absolute atomic E-state index is 0.275. The number of amides is 4.